The zero-order valence-corrected chi connectivity index (χ0v) is 15.6. The number of nitrogens with one attached hydrogen (secondary N) is 2. The Balaban J connectivity index is 1.65. The van der Waals surface area contributed by atoms with Gasteiger partial charge in [-0.25, -0.2) is 0 Å². The number of benzene rings is 2. The fourth-order valence-corrected chi connectivity index (χ4v) is 4.79. The monoisotopic (exact) mass is 373 g/mol. The van der Waals surface area contributed by atoms with Crippen LogP contribution in [0.4, 0.5) is 0 Å². The number of aromatic amines is 2. The van der Waals surface area contributed by atoms with E-state index in [4.69, 9.17) is 0 Å². The zero-order valence-electron chi connectivity index (χ0n) is 14.8. The molecule has 3 heterocycles. The van der Waals surface area contributed by atoms with Gasteiger partial charge in [-0.1, -0.05) is 54.7 Å². The first kappa shape index (κ1) is 16.3. The molecule has 1 aliphatic heterocycles. The Morgan fingerprint density at radius 1 is 1.07 bits per heavy atom. The minimum Gasteiger partial charge on any atom is -0.347 e. The van der Waals surface area contributed by atoms with Crippen LogP contribution in [0.3, 0.4) is 0 Å². The summed E-state index contributed by atoms with van der Waals surface area (Å²) in [5, 5.41) is 6.94. The Bertz CT molecular complexity index is 1210. The molecule has 0 fully saturated rings. The molecule has 0 radical (unpaired) electrons. The van der Waals surface area contributed by atoms with Crippen LogP contribution in [-0.4, -0.2) is 14.8 Å². The maximum absolute atomic E-state index is 12.7. The molecule has 1 aliphatic rings. The van der Waals surface area contributed by atoms with Crippen LogP contribution in [0.25, 0.3) is 26.9 Å². The van der Waals surface area contributed by atoms with Crippen LogP contribution in [0.1, 0.15) is 17.7 Å². The Morgan fingerprint density at radius 3 is 2.78 bits per heavy atom. The molecule has 0 aliphatic carbocycles. The van der Waals surface area contributed by atoms with Crippen LogP contribution in [-0.2, 0) is 13.0 Å². The summed E-state index contributed by atoms with van der Waals surface area (Å²) in [6.07, 6.45) is 4.34. The van der Waals surface area contributed by atoms with Gasteiger partial charge >= 0.3 is 0 Å². The van der Waals surface area contributed by atoms with E-state index < -0.39 is 0 Å². The molecule has 5 heteroatoms. The SMILES string of the molecule is C=C(Sc1ccccc1)c1[nH][nH]c(=O)c1-c1cn2c3c(cccc13)CCC2. The molecule has 5 rings (SSSR count). The van der Waals surface area contributed by atoms with Gasteiger partial charge in [-0.05, 0) is 30.5 Å². The summed E-state index contributed by atoms with van der Waals surface area (Å²) in [5.74, 6) is 0. The van der Waals surface area contributed by atoms with Crippen molar-refractivity contribution in [2.24, 2.45) is 0 Å². The second kappa shape index (κ2) is 6.35. The molecule has 2 aromatic carbocycles. The lowest BCUT2D eigenvalue weighted by molar-refractivity contribution is 0.636. The lowest BCUT2D eigenvalue weighted by atomic mass is 10.00. The average molecular weight is 373 g/mol. The topological polar surface area (TPSA) is 53.6 Å². The second-order valence-electron chi connectivity index (χ2n) is 6.82. The molecule has 0 amide bonds. The molecular formula is C22H19N3OS. The summed E-state index contributed by atoms with van der Waals surface area (Å²) in [5.41, 5.74) is 4.91. The third-order valence-electron chi connectivity index (χ3n) is 5.14. The van der Waals surface area contributed by atoms with E-state index in [-0.39, 0.29) is 5.56 Å². The van der Waals surface area contributed by atoms with Crippen molar-refractivity contribution in [3.63, 3.8) is 0 Å². The van der Waals surface area contributed by atoms with Crippen molar-refractivity contribution in [3.8, 4) is 11.1 Å². The molecule has 134 valence electrons. The third-order valence-corrected chi connectivity index (χ3v) is 6.10. The van der Waals surface area contributed by atoms with Gasteiger partial charge in [0, 0.05) is 33.5 Å². The van der Waals surface area contributed by atoms with Crippen molar-refractivity contribution in [1.82, 2.24) is 14.8 Å². The summed E-state index contributed by atoms with van der Waals surface area (Å²) in [7, 11) is 0. The van der Waals surface area contributed by atoms with Gasteiger partial charge in [0.1, 0.15) is 0 Å². The molecule has 4 aromatic rings. The molecule has 0 spiro atoms. The van der Waals surface area contributed by atoms with Crippen molar-refractivity contribution >= 4 is 27.6 Å². The van der Waals surface area contributed by atoms with E-state index in [2.05, 4.69) is 45.7 Å². The van der Waals surface area contributed by atoms with Gasteiger partial charge in [-0.2, -0.15) is 0 Å². The summed E-state index contributed by atoms with van der Waals surface area (Å²) < 4.78 is 2.28. The van der Waals surface area contributed by atoms with Gasteiger partial charge in [0.25, 0.3) is 5.56 Å². The van der Waals surface area contributed by atoms with Gasteiger partial charge in [0.15, 0.2) is 0 Å². The molecule has 0 saturated carbocycles. The standard InChI is InChI=1S/C22H19N3OS/c1-14(27-16-9-3-2-4-10-16)20-19(22(26)24-23-20)18-13-25-12-6-8-15-7-5-11-17(18)21(15)25/h2-5,7,9-11,13H,1,6,8,12H2,(H2,23,24,26). The minimum atomic E-state index is -0.108. The predicted molar refractivity (Wildman–Crippen MR) is 112 cm³/mol. The van der Waals surface area contributed by atoms with E-state index in [1.54, 1.807) is 11.8 Å². The summed E-state index contributed by atoms with van der Waals surface area (Å²) in [6, 6.07) is 16.5. The van der Waals surface area contributed by atoms with Crippen LogP contribution < -0.4 is 5.56 Å². The normalized spacial score (nSPS) is 13.2. The number of para-hydroxylation sites is 1. The Labute approximate surface area is 160 Å². The maximum Gasteiger partial charge on any atom is 0.272 e. The highest BCUT2D eigenvalue weighted by Crippen LogP contribution is 2.39. The first-order chi connectivity index (χ1) is 13.2. The van der Waals surface area contributed by atoms with Gasteiger partial charge < -0.3 is 4.57 Å². The van der Waals surface area contributed by atoms with Crippen molar-refractivity contribution in [1.29, 1.82) is 0 Å². The molecule has 4 nitrogen and oxygen atoms in total. The first-order valence-electron chi connectivity index (χ1n) is 9.06. The van der Waals surface area contributed by atoms with Crippen LogP contribution in [0.5, 0.6) is 0 Å². The van der Waals surface area contributed by atoms with Crippen molar-refractivity contribution in [2.75, 3.05) is 0 Å². The van der Waals surface area contributed by atoms with Crippen molar-refractivity contribution < 1.29 is 0 Å². The number of thioether (sulfide) groups is 1. The highest BCUT2D eigenvalue weighted by molar-refractivity contribution is 8.08. The van der Waals surface area contributed by atoms with Crippen molar-refractivity contribution in [2.45, 2.75) is 24.3 Å². The number of rotatable bonds is 4. The van der Waals surface area contributed by atoms with E-state index in [1.165, 1.54) is 11.1 Å². The average Bonchev–Trinajstić information content (AvgIpc) is 3.25. The van der Waals surface area contributed by atoms with Crippen LogP contribution in [0, 0.1) is 0 Å². The van der Waals surface area contributed by atoms with Crippen LogP contribution in [0.15, 0.2) is 71.0 Å². The molecule has 27 heavy (non-hydrogen) atoms. The number of hydrogen-bond acceptors (Lipinski definition) is 2. The summed E-state index contributed by atoms with van der Waals surface area (Å²) in [6.45, 7) is 5.21. The van der Waals surface area contributed by atoms with Gasteiger partial charge in [-0.15, -0.1) is 0 Å². The fraction of sp³-hybridized carbons (Fsp3) is 0.136. The lowest BCUT2D eigenvalue weighted by Gasteiger charge is -2.14. The molecule has 0 atom stereocenters. The molecule has 2 N–H and O–H groups in total. The van der Waals surface area contributed by atoms with Crippen molar-refractivity contribution in [3.05, 3.63) is 82.9 Å². The van der Waals surface area contributed by atoms with Crippen LogP contribution >= 0.6 is 11.8 Å². The lowest BCUT2D eigenvalue weighted by Crippen LogP contribution is -2.05. The largest absolute Gasteiger partial charge is 0.347 e. The second-order valence-corrected chi connectivity index (χ2v) is 7.99. The number of H-pyrrole nitrogens is 2. The maximum atomic E-state index is 12.7. The van der Waals surface area contributed by atoms with E-state index in [9.17, 15) is 4.79 Å². The number of nitrogens with zero attached hydrogens (tertiary/aromatic N) is 1. The molecule has 0 saturated heterocycles. The Morgan fingerprint density at radius 2 is 1.93 bits per heavy atom. The molecule has 2 aromatic heterocycles. The van der Waals surface area contributed by atoms with E-state index in [0.29, 0.717) is 5.56 Å². The predicted octanol–water partition coefficient (Wildman–Crippen LogP) is 5.03. The van der Waals surface area contributed by atoms with Gasteiger partial charge in [-0.3, -0.25) is 15.0 Å². The smallest absolute Gasteiger partial charge is 0.272 e. The Hall–Kier alpha value is -2.92. The molecule has 0 unspecified atom stereocenters. The fourth-order valence-electron chi connectivity index (χ4n) is 3.96. The highest BCUT2D eigenvalue weighted by Gasteiger charge is 2.22. The van der Waals surface area contributed by atoms with E-state index >= 15 is 0 Å². The third kappa shape index (κ3) is 2.66. The summed E-state index contributed by atoms with van der Waals surface area (Å²) in [4.78, 5) is 14.6. The van der Waals surface area contributed by atoms with Crippen LogP contribution in [0.2, 0.25) is 0 Å². The zero-order chi connectivity index (χ0) is 18.4. The highest BCUT2D eigenvalue weighted by atomic mass is 32.2. The van der Waals surface area contributed by atoms with E-state index in [0.717, 1.165) is 45.8 Å². The number of hydrogen-bond donors (Lipinski definition) is 2. The van der Waals surface area contributed by atoms with Gasteiger partial charge in [0.2, 0.25) is 0 Å². The Kier molecular flexibility index (Phi) is 3.83. The number of aromatic nitrogens is 3. The van der Waals surface area contributed by atoms with E-state index in [1.807, 2.05) is 30.3 Å². The summed E-state index contributed by atoms with van der Waals surface area (Å²) >= 11 is 1.56. The molecule has 0 bridgehead atoms. The quantitative estimate of drug-likeness (QED) is 0.493. The minimum absolute atomic E-state index is 0.108. The van der Waals surface area contributed by atoms with Gasteiger partial charge in [0.05, 0.1) is 16.8 Å². The first-order valence-corrected chi connectivity index (χ1v) is 9.88. The number of aryl methyl sites for hydroxylation is 2. The molecular weight excluding hydrogens is 354 g/mol.